The SMILES string of the molecule is CCS(=O)(=O)c1ccc(Cl)cc1Cn1c(=O)[nH]c2c(Cl)c(CN3CCCC3CN)c(C(F)(F)F)cc2c1=O. The Balaban J connectivity index is 1.91. The second kappa shape index (κ2) is 10.6. The van der Waals surface area contributed by atoms with E-state index in [9.17, 15) is 31.2 Å². The molecule has 14 heteroatoms. The molecule has 0 radical (unpaired) electrons. The number of aromatic amines is 1. The zero-order chi connectivity index (χ0) is 28.0. The topological polar surface area (TPSA) is 118 Å². The summed E-state index contributed by atoms with van der Waals surface area (Å²) in [7, 11) is -3.76. The second-order valence-electron chi connectivity index (χ2n) is 9.12. The Morgan fingerprint density at radius 1 is 1.16 bits per heavy atom. The number of hydrogen-bond acceptors (Lipinski definition) is 6. The van der Waals surface area contributed by atoms with E-state index in [0.29, 0.717) is 17.2 Å². The van der Waals surface area contributed by atoms with E-state index in [-0.39, 0.29) is 56.5 Å². The number of rotatable bonds is 7. The number of nitrogens with two attached hydrogens (primary N) is 1. The van der Waals surface area contributed by atoms with Gasteiger partial charge in [-0.1, -0.05) is 30.1 Å². The van der Waals surface area contributed by atoms with Crippen LogP contribution in [0.5, 0.6) is 0 Å². The van der Waals surface area contributed by atoms with Crippen LogP contribution in [0.3, 0.4) is 0 Å². The number of nitrogens with zero attached hydrogens (tertiary/aromatic N) is 2. The van der Waals surface area contributed by atoms with Crippen molar-refractivity contribution in [1.82, 2.24) is 14.5 Å². The van der Waals surface area contributed by atoms with Gasteiger partial charge in [0.25, 0.3) is 5.56 Å². The van der Waals surface area contributed by atoms with E-state index in [0.717, 1.165) is 12.8 Å². The molecule has 4 rings (SSSR count). The van der Waals surface area contributed by atoms with Gasteiger partial charge in [-0.3, -0.25) is 14.3 Å². The van der Waals surface area contributed by atoms with E-state index in [4.69, 9.17) is 28.9 Å². The fourth-order valence-corrected chi connectivity index (χ4v) is 6.43. The number of hydrogen-bond donors (Lipinski definition) is 2. The third-order valence-corrected chi connectivity index (χ3v) is 9.30. The first-order valence-corrected chi connectivity index (χ1v) is 14.2. The molecule has 1 saturated heterocycles. The van der Waals surface area contributed by atoms with Crippen LogP contribution in [-0.4, -0.2) is 47.8 Å². The van der Waals surface area contributed by atoms with Crippen molar-refractivity contribution in [2.24, 2.45) is 5.73 Å². The molecule has 0 amide bonds. The standard InChI is InChI=1S/C24H25Cl2F3N4O4S/c1-2-38(36,37)19-6-5-14(25)8-13(19)11-33-22(34)16-9-18(24(27,28)29)17(20(26)21(16)31-23(33)35)12-32-7-3-4-15(32)10-30/h5-6,8-9,15H,2-4,7,10-12,30H2,1H3,(H,31,35). The Hall–Kier alpha value is -2.38. The molecule has 1 aromatic heterocycles. The molecular weight excluding hydrogens is 568 g/mol. The van der Waals surface area contributed by atoms with E-state index in [1.165, 1.54) is 25.1 Å². The van der Waals surface area contributed by atoms with Crippen molar-refractivity contribution in [2.75, 3.05) is 18.8 Å². The Morgan fingerprint density at radius 3 is 2.50 bits per heavy atom. The average Bonchev–Trinajstić information content (AvgIpc) is 3.30. The Morgan fingerprint density at radius 2 is 1.87 bits per heavy atom. The van der Waals surface area contributed by atoms with Gasteiger partial charge in [-0.15, -0.1) is 0 Å². The van der Waals surface area contributed by atoms with E-state index in [2.05, 4.69) is 4.98 Å². The number of sulfone groups is 1. The lowest BCUT2D eigenvalue weighted by atomic mass is 10.0. The molecule has 3 aromatic rings. The first kappa shape index (κ1) is 28.6. The van der Waals surface area contributed by atoms with Gasteiger partial charge in [-0.2, -0.15) is 13.2 Å². The van der Waals surface area contributed by atoms with Gasteiger partial charge in [0.2, 0.25) is 0 Å². The van der Waals surface area contributed by atoms with Gasteiger partial charge < -0.3 is 10.7 Å². The minimum atomic E-state index is -4.84. The number of benzene rings is 2. The van der Waals surface area contributed by atoms with Gasteiger partial charge in [0.1, 0.15) is 0 Å². The lowest BCUT2D eigenvalue weighted by molar-refractivity contribution is -0.138. The molecule has 0 bridgehead atoms. The zero-order valence-corrected chi connectivity index (χ0v) is 22.6. The predicted octanol–water partition coefficient (Wildman–Crippen LogP) is 3.78. The van der Waals surface area contributed by atoms with Crippen LogP contribution < -0.4 is 17.0 Å². The Kier molecular flexibility index (Phi) is 8.02. The van der Waals surface area contributed by atoms with Gasteiger partial charge in [-0.05, 0) is 54.8 Å². The summed E-state index contributed by atoms with van der Waals surface area (Å²) in [6.07, 6.45) is -3.33. The second-order valence-corrected chi connectivity index (χ2v) is 12.2. The van der Waals surface area contributed by atoms with E-state index >= 15 is 0 Å². The fraction of sp³-hybridized carbons (Fsp3) is 0.417. The largest absolute Gasteiger partial charge is 0.416 e. The molecule has 8 nitrogen and oxygen atoms in total. The van der Waals surface area contributed by atoms with Crippen LogP contribution in [-0.2, 0) is 29.1 Å². The zero-order valence-electron chi connectivity index (χ0n) is 20.2. The Bertz CT molecular complexity index is 1620. The molecule has 0 aliphatic carbocycles. The van der Waals surface area contributed by atoms with Crippen molar-refractivity contribution in [2.45, 2.75) is 50.0 Å². The van der Waals surface area contributed by atoms with Crippen LogP contribution in [0, 0.1) is 0 Å². The number of H-pyrrole nitrogens is 1. The maximum absolute atomic E-state index is 14.2. The first-order chi connectivity index (χ1) is 17.8. The van der Waals surface area contributed by atoms with Crippen molar-refractivity contribution in [3.63, 3.8) is 0 Å². The molecule has 3 N–H and O–H groups in total. The van der Waals surface area contributed by atoms with Crippen molar-refractivity contribution in [1.29, 1.82) is 0 Å². The summed E-state index contributed by atoms with van der Waals surface area (Å²) < 4.78 is 68.3. The number of likely N-dealkylation sites (tertiary alicyclic amines) is 1. The third kappa shape index (κ3) is 5.37. The van der Waals surface area contributed by atoms with Gasteiger partial charge in [0.05, 0.1) is 38.7 Å². The maximum Gasteiger partial charge on any atom is 0.416 e. The molecule has 1 atom stereocenters. The molecule has 206 valence electrons. The minimum Gasteiger partial charge on any atom is -0.329 e. The first-order valence-electron chi connectivity index (χ1n) is 11.8. The number of halogens is 5. The summed E-state index contributed by atoms with van der Waals surface area (Å²) in [6.45, 7) is 1.55. The lowest BCUT2D eigenvalue weighted by Crippen LogP contribution is -2.37. The molecule has 2 aromatic carbocycles. The van der Waals surface area contributed by atoms with E-state index < -0.39 is 44.8 Å². The van der Waals surface area contributed by atoms with Crippen LogP contribution in [0.15, 0.2) is 38.8 Å². The van der Waals surface area contributed by atoms with Crippen LogP contribution >= 0.6 is 23.2 Å². The maximum atomic E-state index is 14.2. The lowest BCUT2D eigenvalue weighted by Gasteiger charge is -2.26. The highest BCUT2D eigenvalue weighted by Crippen LogP contribution is 2.39. The van der Waals surface area contributed by atoms with Crippen LogP contribution in [0.4, 0.5) is 13.2 Å². The summed E-state index contributed by atoms with van der Waals surface area (Å²) in [4.78, 5) is 30.4. The normalized spacial score (nSPS) is 17.0. The van der Waals surface area contributed by atoms with Gasteiger partial charge in [0, 0.05) is 24.2 Å². The third-order valence-electron chi connectivity index (χ3n) is 6.82. The molecule has 1 fully saturated rings. The molecule has 1 aliphatic rings. The molecule has 1 unspecified atom stereocenters. The average molecular weight is 593 g/mol. The molecule has 0 spiro atoms. The predicted molar refractivity (Wildman–Crippen MR) is 140 cm³/mol. The monoisotopic (exact) mass is 592 g/mol. The van der Waals surface area contributed by atoms with Gasteiger partial charge in [0.15, 0.2) is 9.84 Å². The van der Waals surface area contributed by atoms with Gasteiger partial charge in [-0.25, -0.2) is 13.2 Å². The Labute approximate surface area is 226 Å². The molecular formula is C24H25Cl2F3N4O4S. The quantitative estimate of drug-likeness (QED) is 0.431. The minimum absolute atomic E-state index is 0.0481. The molecule has 0 saturated carbocycles. The fourth-order valence-electron chi connectivity index (χ4n) is 4.82. The highest BCUT2D eigenvalue weighted by molar-refractivity contribution is 7.91. The molecule has 38 heavy (non-hydrogen) atoms. The summed E-state index contributed by atoms with van der Waals surface area (Å²) in [6, 6.07) is 4.48. The summed E-state index contributed by atoms with van der Waals surface area (Å²) in [5, 5.41) is -0.676. The molecule has 1 aliphatic heterocycles. The smallest absolute Gasteiger partial charge is 0.329 e. The van der Waals surface area contributed by atoms with E-state index in [1.807, 2.05) is 0 Å². The van der Waals surface area contributed by atoms with Gasteiger partial charge >= 0.3 is 11.9 Å². The van der Waals surface area contributed by atoms with Crippen LogP contribution in [0.25, 0.3) is 10.9 Å². The summed E-state index contributed by atoms with van der Waals surface area (Å²) >= 11 is 12.5. The number of aromatic nitrogens is 2. The number of alkyl halides is 3. The highest BCUT2D eigenvalue weighted by atomic mass is 35.5. The van der Waals surface area contributed by atoms with Crippen molar-refractivity contribution < 1.29 is 21.6 Å². The van der Waals surface area contributed by atoms with Crippen LogP contribution in [0.1, 0.15) is 36.5 Å². The molecule has 2 heterocycles. The number of fused-ring (bicyclic) bond motifs is 1. The van der Waals surface area contributed by atoms with Crippen molar-refractivity contribution >= 4 is 43.9 Å². The highest BCUT2D eigenvalue weighted by Gasteiger charge is 2.37. The van der Waals surface area contributed by atoms with Crippen molar-refractivity contribution in [3.05, 3.63) is 71.8 Å². The van der Waals surface area contributed by atoms with Crippen LogP contribution in [0.2, 0.25) is 10.0 Å². The summed E-state index contributed by atoms with van der Waals surface area (Å²) in [5.74, 6) is -0.250. The number of nitrogens with one attached hydrogen (secondary N) is 1. The van der Waals surface area contributed by atoms with Crippen molar-refractivity contribution in [3.8, 4) is 0 Å². The van der Waals surface area contributed by atoms with E-state index in [1.54, 1.807) is 4.90 Å². The summed E-state index contributed by atoms with van der Waals surface area (Å²) in [5.41, 5.74) is 2.23.